The lowest BCUT2D eigenvalue weighted by Gasteiger charge is -2.31. The molecule has 106 valence electrons. The summed E-state index contributed by atoms with van der Waals surface area (Å²) in [6.45, 7) is 3.15. The Morgan fingerprint density at radius 1 is 1.21 bits per heavy atom. The van der Waals surface area contributed by atoms with E-state index in [2.05, 4.69) is 36.5 Å². The van der Waals surface area contributed by atoms with Crippen molar-refractivity contribution in [1.29, 1.82) is 0 Å². The van der Waals surface area contributed by atoms with Crippen LogP contribution in [0.3, 0.4) is 0 Å². The Bertz CT molecular complexity index is 371. The summed E-state index contributed by atoms with van der Waals surface area (Å²) in [7, 11) is 0. The Balaban J connectivity index is 1.93. The van der Waals surface area contributed by atoms with Crippen molar-refractivity contribution < 1.29 is 4.55 Å². The molecule has 0 bridgehead atoms. The predicted octanol–water partition coefficient (Wildman–Crippen LogP) is 4.04. The van der Waals surface area contributed by atoms with Gasteiger partial charge < -0.3 is 9.87 Å². The Labute approximate surface area is 121 Å². The Morgan fingerprint density at radius 2 is 1.89 bits per heavy atom. The molecule has 19 heavy (non-hydrogen) atoms. The molecular formula is C16H25NOS. The van der Waals surface area contributed by atoms with Crippen molar-refractivity contribution in [1.82, 2.24) is 5.32 Å². The van der Waals surface area contributed by atoms with Crippen molar-refractivity contribution in [2.24, 2.45) is 0 Å². The van der Waals surface area contributed by atoms with Crippen molar-refractivity contribution in [2.45, 2.75) is 51.0 Å². The summed E-state index contributed by atoms with van der Waals surface area (Å²) >= 11 is 0.949. The van der Waals surface area contributed by atoms with E-state index >= 15 is 0 Å². The fraction of sp³-hybridized carbons (Fsp3) is 0.625. The number of aryl methyl sites for hydroxylation is 1. The molecule has 0 unspecified atom stereocenters. The summed E-state index contributed by atoms with van der Waals surface area (Å²) in [5.74, 6) is 0.827. The topological polar surface area (TPSA) is 32.3 Å². The van der Waals surface area contributed by atoms with Crippen LogP contribution in [0.1, 0.15) is 43.2 Å². The molecular weight excluding hydrogens is 254 g/mol. The van der Waals surface area contributed by atoms with E-state index in [-0.39, 0.29) is 0 Å². The molecule has 1 saturated carbocycles. The number of benzene rings is 1. The third kappa shape index (κ3) is 4.51. The first-order valence-corrected chi connectivity index (χ1v) is 8.25. The summed E-state index contributed by atoms with van der Waals surface area (Å²) in [5, 5.41) is 3.77. The smallest absolute Gasteiger partial charge is 0.0221 e. The van der Waals surface area contributed by atoms with Gasteiger partial charge in [-0.1, -0.05) is 42.7 Å². The third-order valence-corrected chi connectivity index (χ3v) is 4.61. The second-order valence-corrected chi connectivity index (χ2v) is 6.43. The van der Waals surface area contributed by atoms with Gasteiger partial charge in [0, 0.05) is 11.3 Å². The van der Waals surface area contributed by atoms with Gasteiger partial charge in [0.05, 0.1) is 0 Å². The number of nitrogens with one attached hydrogen (secondary N) is 1. The highest BCUT2D eigenvalue weighted by Crippen LogP contribution is 2.32. The zero-order valence-corrected chi connectivity index (χ0v) is 12.6. The molecule has 2 nitrogen and oxygen atoms in total. The van der Waals surface area contributed by atoms with Crippen molar-refractivity contribution >= 4 is 12.0 Å². The lowest BCUT2D eigenvalue weighted by atomic mass is 9.88. The summed E-state index contributed by atoms with van der Waals surface area (Å²) < 4.78 is 8.77. The first-order chi connectivity index (χ1) is 9.24. The van der Waals surface area contributed by atoms with E-state index in [0.29, 0.717) is 5.54 Å². The summed E-state index contributed by atoms with van der Waals surface area (Å²) in [5.41, 5.74) is 3.07. The highest BCUT2D eigenvalue weighted by atomic mass is 32.2. The molecule has 0 aromatic heterocycles. The monoisotopic (exact) mass is 279 g/mol. The average Bonchev–Trinajstić information content (AvgIpc) is 2.87. The van der Waals surface area contributed by atoms with Crippen LogP contribution >= 0.6 is 12.0 Å². The maximum absolute atomic E-state index is 8.77. The van der Waals surface area contributed by atoms with E-state index in [1.165, 1.54) is 36.8 Å². The van der Waals surface area contributed by atoms with Crippen LogP contribution in [-0.4, -0.2) is 22.4 Å². The van der Waals surface area contributed by atoms with Crippen LogP contribution in [0.5, 0.6) is 0 Å². The molecule has 0 aliphatic heterocycles. The molecule has 1 aromatic carbocycles. The van der Waals surface area contributed by atoms with Crippen molar-refractivity contribution in [3.63, 3.8) is 0 Å². The highest BCUT2D eigenvalue weighted by molar-refractivity contribution is 7.93. The number of hydrogen-bond donors (Lipinski definition) is 2. The van der Waals surface area contributed by atoms with Gasteiger partial charge in [0.15, 0.2) is 0 Å². The number of hydrogen-bond acceptors (Lipinski definition) is 3. The Kier molecular flexibility index (Phi) is 5.74. The normalized spacial score (nSPS) is 17.8. The quantitative estimate of drug-likeness (QED) is 0.583. The first-order valence-electron chi connectivity index (χ1n) is 7.31. The van der Waals surface area contributed by atoms with Crippen LogP contribution in [-0.2, 0) is 6.42 Å². The summed E-state index contributed by atoms with van der Waals surface area (Å²) in [6.07, 6.45) is 7.43. The molecule has 1 aromatic rings. The van der Waals surface area contributed by atoms with E-state index in [1.54, 1.807) is 0 Å². The van der Waals surface area contributed by atoms with Gasteiger partial charge in [0.1, 0.15) is 0 Å². The fourth-order valence-electron chi connectivity index (χ4n) is 3.05. The van der Waals surface area contributed by atoms with E-state index in [9.17, 15) is 0 Å². The van der Waals surface area contributed by atoms with Crippen LogP contribution < -0.4 is 5.32 Å². The zero-order valence-electron chi connectivity index (χ0n) is 11.8. The van der Waals surface area contributed by atoms with Gasteiger partial charge in [-0.3, -0.25) is 0 Å². The van der Waals surface area contributed by atoms with Gasteiger partial charge in [-0.05, 0) is 56.8 Å². The molecule has 0 radical (unpaired) electrons. The summed E-state index contributed by atoms with van der Waals surface area (Å²) in [4.78, 5) is 0. The minimum absolute atomic E-state index is 0.301. The van der Waals surface area contributed by atoms with Gasteiger partial charge >= 0.3 is 0 Å². The lowest BCUT2D eigenvalue weighted by molar-refractivity contribution is 0.330. The molecule has 1 fully saturated rings. The molecule has 0 saturated heterocycles. The van der Waals surface area contributed by atoms with E-state index in [0.717, 1.165) is 37.2 Å². The predicted molar refractivity (Wildman–Crippen MR) is 83.8 cm³/mol. The van der Waals surface area contributed by atoms with Crippen molar-refractivity contribution in [3.05, 3.63) is 35.4 Å². The standard InChI is InChI=1S/C16H25NOS/c1-14-5-7-15(8-6-14)13-16(9-2-3-10-16)17-11-4-12-19-18/h5-8,17-18H,2-4,9-13H2,1H3. The molecule has 3 heteroatoms. The second-order valence-electron chi connectivity index (χ2n) is 5.76. The van der Waals surface area contributed by atoms with Gasteiger partial charge in [-0.2, -0.15) is 0 Å². The second kappa shape index (κ2) is 7.32. The van der Waals surface area contributed by atoms with Crippen LogP contribution in [0, 0.1) is 6.92 Å². The van der Waals surface area contributed by atoms with Crippen molar-refractivity contribution in [2.75, 3.05) is 12.3 Å². The molecule has 2 N–H and O–H groups in total. The van der Waals surface area contributed by atoms with E-state index in [4.69, 9.17) is 4.55 Å². The minimum Gasteiger partial charge on any atom is -0.330 e. The van der Waals surface area contributed by atoms with Gasteiger partial charge in [0.25, 0.3) is 0 Å². The first kappa shape index (κ1) is 14.9. The van der Waals surface area contributed by atoms with Crippen molar-refractivity contribution in [3.8, 4) is 0 Å². The van der Waals surface area contributed by atoms with E-state index < -0.39 is 0 Å². The zero-order chi connectivity index (χ0) is 13.6. The largest absolute Gasteiger partial charge is 0.330 e. The molecule has 0 atom stereocenters. The third-order valence-electron chi connectivity index (χ3n) is 4.14. The Hall–Kier alpha value is -0.510. The molecule has 2 rings (SSSR count). The molecule has 1 aliphatic rings. The van der Waals surface area contributed by atoms with E-state index in [1.807, 2.05) is 0 Å². The lowest BCUT2D eigenvalue weighted by Crippen LogP contribution is -2.45. The van der Waals surface area contributed by atoms with Crippen LogP contribution in [0.15, 0.2) is 24.3 Å². The van der Waals surface area contributed by atoms with Gasteiger partial charge in [-0.25, -0.2) is 0 Å². The highest BCUT2D eigenvalue weighted by Gasteiger charge is 2.32. The van der Waals surface area contributed by atoms with Gasteiger partial charge in [0.2, 0.25) is 0 Å². The Morgan fingerprint density at radius 3 is 2.53 bits per heavy atom. The average molecular weight is 279 g/mol. The maximum Gasteiger partial charge on any atom is 0.0221 e. The maximum atomic E-state index is 8.77. The molecule has 0 amide bonds. The molecule has 0 heterocycles. The van der Waals surface area contributed by atoms with Gasteiger partial charge in [-0.15, -0.1) is 0 Å². The SMILES string of the molecule is Cc1ccc(CC2(NCCCSO)CCCC2)cc1. The fourth-order valence-corrected chi connectivity index (χ4v) is 3.33. The van der Waals surface area contributed by atoms with Crippen LogP contribution in [0.4, 0.5) is 0 Å². The summed E-state index contributed by atoms with van der Waals surface area (Å²) in [6, 6.07) is 8.95. The minimum atomic E-state index is 0.301. The molecule has 1 aliphatic carbocycles. The van der Waals surface area contributed by atoms with Crippen LogP contribution in [0.25, 0.3) is 0 Å². The molecule has 0 spiro atoms. The number of rotatable bonds is 7. The van der Waals surface area contributed by atoms with Crippen LogP contribution in [0.2, 0.25) is 0 Å².